The lowest BCUT2D eigenvalue weighted by atomic mass is 10.0. The van der Waals surface area contributed by atoms with Crippen molar-refractivity contribution in [3.63, 3.8) is 0 Å². The van der Waals surface area contributed by atoms with Gasteiger partial charge in [0.15, 0.2) is 0 Å². The van der Waals surface area contributed by atoms with Crippen molar-refractivity contribution in [3.8, 4) is 0 Å². The minimum absolute atomic E-state index is 0.184. The zero-order valence-corrected chi connectivity index (χ0v) is 8.09. The van der Waals surface area contributed by atoms with Crippen LogP contribution in [0, 0.1) is 5.92 Å². The molecule has 3 N–H and O–H groups in total. The smallest absolute Gasteiger partial charge is 0.0593 e. The van der Waals surface area contributed by atoms with Crippen LogP contribution < -0.4 is 11.1 Å². The van der Waals surface area contributed by atoms with Gasteiger partial charge in [-0.25, -0.2) is 0 Å². The molecule has 2 atom stereocenters. The molecule has 0 saturated carbocycles. The Kier molecular flexibility index (Phi) is 5.46. The van der Waals surface area contributed by atoms with Gasteiger partial charge in [-0.1, -0.05) is 6.92 Å². The fourth-order valence-corrected chi connectivity index (χ4v) is 1.05. The van der Waals surface area contributed by atoms with Crippen LogP contribution in [-0.2, 0) is 0 Å². The molecule has 0 aromatic carbocycles. The molecule has 0 aliphatic carbocycles. The molecule has 0 aromatic heterocycles. The molecule has 0 fully saturated rings. The van der Waals surface area contributed by atoms with Gasteiger partial charge in [-0.2, -0.15) is 0 Å². The Balaban J connectivity index is 3.55. The first-order valence-corrected chi connectivity index (χ1v) is 4.16. The first-order valence-electron chi connectivity index (χ1n) is 4.16. The van der Waals surface area contributed by atoms with E-state index in [0.717, 1.165) is 13.0 Å². The van der Waals surface area contributed by atoms with Crippen molar-refractivity contribution in [1.82, 2.24) is 10.2 Å². The zero-order chi connectivity index (χ0) is 8.85. The van der Waals surface area contributed by atoms with Gasteiger partial charge in [0.1, 0.15) is 0 Å². The first kappa shape index (κ1) is 10.9. The molecule has 3 heteroatoms. The lowest BCUT2D eigenvalue weighted by Gasteiger charge is -2.25. The van der Waals surface area contributed by atoms with Crippen LogP contribution in [0.1, 0.15) is 13.3 Å². The van der Waals surface area contributed by atoms with Gasteiger partial charge in [0.05, 0.1) is 6.17 Å². The molecular weight excluding hydrogens is 138 g/mol. The summed E-state index contributed by atoms with van der Waals surface area (Å²) in [5.74, 6) is 0.553. The predicted octanol–water partition coefficient (Wildman–Crippen LogP) is 0.0784. The average Bonchev–Trinajstić information content (AvgIpc) is 1.98. The molecule has 0 amide bonds. The number of rotatable bonds is 5. The monoisotopic (exact) mass is 159 g/mol. The predicted molar refractivity (Wildman–Crippen MR) is 49.4 cm³/mol. The molecule has 11 heavy (non-hydrogen) atoms. The van der Waals surface area contributed by atoms with Crippen molar-refractivity contribution in [2.24, 2.45) is 11.7 Å². The molecule has 3 nitrogen and oxygen atoms in total. The van der Waals surface area contributed by atoms with E-state index in [1.165, 1.54) is 0 Å². The Morgan fingerprint density at radius 1 is 1.45 bits per heavy atom. The zero-order valence-electron chi connectivity index (χ0n) is 8.09. The third-order valence-electron chi connectivity index (χ3n) is 2.03. The minimum Gasteiger partial charge on any atom is -0.320 e. The highest BCUT2D eigenvalue weighted by Crippen LogP contribution is 2.06. The van der Waals surface area contributed by atoms with Crippen LogP contribution in [0.5, 0.6) is 0 Å². The fraction of sp³-hybridized carbons (Fsp3) is 1.00. The highest BCUT2D eigenvalue weighted by molar-refractivity contribution is 4.66. The van der Waals surface area contributed by atoms with Crippen molar-refractivity contribution in [2.45, 2.75) is 19.5 Å². The maximum atomic E-state index is 5.90. The van der Waals surface area contributed by atoms with Crippen LogP contribution >= 0.6 is 0 Å². The normalized spacial score (nSPS) is 16.9. The SMILES string of the molecule is CNCCC(C)C(N)N(C)C. The van der Waals surface area contributed by atoms with E-state index >= 15 is 0 Å². The van der Waals surface area contributed by atoms with E-state index in [1.54, 1.807) is 0 Å². The second kappa shape index (κ2) is 5.52. The Bertz CT molecular complexity index is 93.3. The van der Waals surface area contributed by atoms with Gasteiger partial charge < -0.3 is 11.1 Å². The van der Waals surface area contributed by atoms with Crippen LogP contribution in [0.15, 0.2) is 0 Å². The van der Waals surface area contributed by atoms with E-state index in [-0.39, 0.29) is 6.17 Å². The molecule has 0 bridgehead atoms. The van der Waals surface area contributed by atoms with Crippen LogP contribution in [-0.4, -0.2) is 38.8 Å². The molecule has 0 radical (unpaired) electrons. The number of nitrogens with one attached hydrogen (secondary N) is 1. The summed E-state index contributed by atoms with van der Waals surface area (Å²) in [6.07, 6.45) is 1.32. The summed E-state index contributed by atoms with van der Waals surface area (Å²) in [6.45, 7) is 3.23. The van der Waals surface area contributed by atoms with Crippen LogP contribution in [0.25, 0.3) is 0 Å². The van der Waals surface area contributed by atoms with E-state index in [4.69, 9.17) is 5.73 Å². The number of nitrogens with two attached hydrogens (primary N) is 1. The standard InChI is InChI=1S/C8H21N3/c1-7(5-6-10-2)8(9)11(3)4/h7-8,10H,5-6,9H2,1-4H3. The lowest BCUT2D eigenvalue weighted by Crippen LogP contribution is -2.42. The quantitative estimate of drug-likeness (QED) is 0.558. The van der Waals surface area contributed by atoms with Crippen molar-refractivity contribution in [1.29, 1.82) is 0 Å². The summed E-state index contributed by atoms with van der Waals surface area (Å²) < 4.78 is 0. The third kappa shape index (κ3) is 4.35. The van der Waals surface area contributed by atoms with Gasteiger partial charge >= 0.3 is 0 Å². The van der Waals surface area contributed by atoms with Crippen molar-refractivity contribution >= 4 is 0 Å². The van der Waals surface area contributed by atoms with Gasteiger partial charge in [0.2, 0.25) is 0 Å². The van der Waals surface area contributed by atoms with Crippen molar-refractivity contribution in [3.05, 3.63) is 0 Å². The summed E-state index contributed by atoms with van der Waals surface area (Å²) in [7, 11) is 6.00. The molecule has 0 spiro atoms. The summed E-state index contributed by atoms with van der Waals surface area (Å²) >= 11 is 0. The van der Waals surface area contributed by atoms with Crippen LogP contribution in [0.2, 0.25) is 0 Å². The van der Waals surface area contributed by atoms with E-state index < -0.39 is 0 Å². The summed E-state index contributed by atoms with van der Waals surface area (Å²) in [4.78, 5) is 2.06. The molecule has 68 valence electrons. The van der Waals surface area contributed by atoms with Crippen molar-refractivity contribution in [2.75, 3.05) is 27.7 Å². The fourth-order valence-electron chi connectivity index (χ4n) is 1.05. The van der Waals surface area contributed by atoms with E-state index in [0.29, 0.717) is 5.92 Å². The molecule has 0 heterocycles. The van der Waals surface area contributed by atoms with Gasteiger partial charge in [0.25, 0.3) is 0 Å². The minimum atomic E-state index is 0.184. The maximum absolute atomic E-state index is 5.90. The number of hydrogen-bond acceptors (Lipinski definition) is 3. The van der Waals surface area contributed by atoms with Gasteiger partial charge in [0, 0.05) is 0 Å². The summed E-state index contributed by atoms with van der Waals surface area (Å²) in [6, 6.07) is 0. The average molecular weight is 159 g/mol. The van der Waals surface area contributed by atoms with Crippen LogP contribution in [0.3, 0.4) is 0 Å². The Hall–Kier alpha value is -0.120. The Morgan fingerprint density at radius 3 is 2.36 bits per heavy atom. The largest absolute Gasteiger partial charge is 0.320 e. The second-order valence-corrected chi connectivity index (χ2v) is 3.32. The van der Waals surface area contributed by atoms with Crippen molar-refractivity contribution < 1.29 is 0 Å². The highest BCUT2D eigenvalue weighted by atomic mass is 15.2. The lowest BCUT2D eigenvalue weighted by molar-refractivity contribution is 0.218. The first-order chi connectivity index (χ1) is 5.09. The van der Waals surface area contributed by atoms with Gasteiger partial charge in [-0.3, -0.25) is 4.90 Å². The summed E-state index contributed by atoms with van der Waals surface area (Å²) in [5, 5.41) is 3.12. The number of nitrogens with zero attached hydrogens (tertiary/aromatic N) is 1. The van der Waals surface area contributed by atoms with E-state index in [1.807, 2.05) is 21.1 Å². The highest BCUT2D eigenvalue weighted by Gasteiger charge is 2.13. The van der Waals surface area contributed by atoms with E-state index in [9.17, 15) is 0 Å². The number of hydrogen-bond donors (Lipinski definition) is 2. The Morgan fingerprint density at radius 2 is 2.00 bits per heavy atom. The molecule has 0 aliphatic rings. The maximum Gasteiger partial charge on any atom is 0.0593 e. The summed E-state index contributed by atoms with van der Waals surface area (Å²) in [5.41, 5.74) is 5.90. The molecule has 0 aromatic rings. The Labute approximate surface area is 69.9 Å². The van der Waals surface area contributed by atoms with Gasteiger partial charge in [-0.05, 0) is 40.0 Å². The topological polar surface area (TPSA) is 41.3 Å². The second-order valence-electron chi connectivity index (χ2n) is 3.32. The third-order valence-corrected chi connectivity index (χ3v) is 2.03. The molecule has 0 rings (SSSR count). The van der Waals surface area contributed by atoms with Crippen LogP contribution in [0.4, 0.5) is 0 Å². The van der Waals surface area contributed by atoms with E-state index in [2.05, 4.69) is 17.1 Å². The molecular formula is C8H21N3. The van der Waals surface area contributed by atoms with Gasteiger partial charge in [-0.15, -0.1) is 0 Å². The molecule has 0 aliphatic heterocycles. The molecule has 0 saturated heterocycles. The molecule has 2 unspecified atom stereocenters.